The fraction of sp³-hybridized carbons (Fsp3) is 0.357. The molecule has 2 N–H and O–H groups in total. The Hall–Kier alpha value is -3.30. The van der Waals surface area contributed by atoms with Gasteiger partial charge in [0.2, 0.25) is 11.8 Å². The Morgan fingerprint density at radius 1 is 1.11 bits per heavy atom. The van der Waals surface area contributed by atoms with Crippen molar-refractivity contribution in [1.82, 2.24) is 15.3 Å². The Morgan fingerprint density at radius 2 is 1.86 bits per heavy atom. The predicted molar refractivity (Wildman–Crippen MR) is 142 cm³/mol. The van der Waals surface area contributed by atoms with Gasteiger partial charge in [-0.2, -0.15) is 4.55 Å². The molecule has 1 saturated carbocycles. The van der Waals surface area contributed by atoms with E-state index in [1.54, 1.807) is 36.7 Å². The molecule has 0 bridgehead atoms. The highest BCUT2D eigenvalue weighted by Gasteiger charge is 2.24. The summed E-state index contributed by atoms with van der Waals surface area (Å²) in [5, 5.41) is 2.98. The van der Waals surface area contributed by atoms with Gasteiger partial charge in [0.1, 0.15) is 17.8 Å². The molecule has 1 fully saturated rings. The quantitative estimate of drug-likeness (QED) is 0.297. The molecule has 0 radical (unpaired) electrons. The molecule has 1 atom stereocenters. The molecular formula is C28H33FN3O4S+. The second-order valence-electron chi connectivity index (χ2n) is 9.11. The number of pyridine rings is 2. The molecule has 9 heteroatoms. The van der Waals surface area contributed by atoms with E-state index in [-0.39, 0.29) is 29.1 Å². The lowest BCUT2D eigenvalue weighted by Crippen LogP contribution is -2.32. The van der Waals surface area contributed by atoms with Gasteiger partial charge in [-0.25, -0.2) is 9.37 Å². The maximum Gasteiger partial charge on any atom is 0.230 e. The number of hydrogen-bond acceptors (Lipinski definition) is 6. The molecule has 2 aromatic heterocycles. The molecule has 3 aromatic rings. The number of rotatable bonds is 7. The van der Waals surface area contributed by atoms with Crippen molar-refractivity contribution < 1.29 is 23.3 Å². The van der Waals surface area contributed by atoms with Gasteiger partial charge in [-0.1, -0.05) is 19.1 Å². The molecule has 1 aromatic carbocycles. The number of aromatic nitrogens is 2. The van der Waals surface area contributed by atoms with E-state index in [1.807, 2.05) is 18.2 Å². The molecule has 1 aliphatic carbocycles. The predicted octanol–water partition coefficient (Wildman–Crippen LogP) is 5.82. The molecule has 0 spiro atoms. The molecule has 1 amide bonds. The second-order valence-corrected chi connectivity index (χ2v) is 10.5. The minimum atomic E-state index is -0.892. The topological polar surface area (TPSA) is 101 Å². The lowest BCUT2D eigenvalue weighted by atomic mass is 9.82. The first kappa shape index (κ1) is 28.3. The van der Waals surface area contributed by atoms with Gasteiger partial charge in [0, 0.05) is 18.2 Å². The van der Waals surface area contributed by atoms with Gasteiger partial charge in [0.15, 0.2) is 21.9 Å². The molecule has 7 nitrogen and oxygen atoms in total. The van der Waals surface area contributed by atoms with Gasteiger partial charge in [-0.15, -0.1) is 0 Å². The van der Waals surface area contributed by atoms with Crippen LogP contribution in [0, 0.1) is 17.7 Å². The average Bonchev–Trinajstić information content (AvgIpc) is 2.90. The summed E-state index contributed by atoms with van der Waals surface area (Å²) in [7, 11) is 0. The number of amides is 1. The maximum absolute atomic E-state index is 13.1. The van der Waals surface area contributed by atoms with E-state index in [2.05, 4.69) is 22.2 Å². The van der Waals surface area contributed by atoms with E-state index in [0.717, 1.165) is 36.7 Å². The monoisotopic (exact) mass is 526 g/mol. The Balaban J connectivity index is 0.000000208. The van der Waals surface area contributed by atoms with Gasteiger partial charge in [0.25, 0.3) is 0 Å². The fourth-order valence-corrected chi connectivity index (χ4v) is 4.50. The molecule has 4 rings (SSSR count). The van der Waals surface area contributed by atoms with Crippen LogP contribution < -0.4 is 10.1 Å². The summed E-state index contributed by atoms with van der Waals surface area (Å²) >= 11 is -0.892. The number of Topliss-reactive ketones (excluding diaryl/α,β-unsaturated/α-hetero) is 1. The Labute approximate surface area is 220 Å². The van der Waals surface area contributed by atoms with E-state index >= 15 is 0 Å². The normalized spacial score (nSPS) is 17.6. The van der Waals surface area contributed by atoms with E-state index < -0.39 is 17.0 Å². The first-order chi connectivity index (χ1) is 17.7. The van der Waals surface area contributed by atoms with Crippen molar-refractivity contribution in [2.75, 3.05) is 6.26 Å². The number of benzene rings is 1. The maximum atomic E-state index is 13.1. The van der Waals surface area contributed by atoms with E-state index in [0.29, 0.717) is 17.2 Å². The highest BCUT2D eigenvalue weighted by molar-refractivity contribution is 7.90. The third-order valence-electron chi connectivity index (χ3n) is 6.11. The zero-order valence-corrected chi connectivity index (χ0v) is 22.1. The third-order valence-corrected chi connectivity index (χ3v) is 7.05. The van der Waals surface area contributed by atoms with Crippen molar-refractivity contribution in [3.63, 3.8) is 0 Å². The van der Waals surface area contributed by atoms with Crippen molar-refractivity contribution in [3.05, 3.63) is 78.0 Å². The summed E-state index contributed by atoms with van der Waals surface area (Å²) in [6.07, 6.45) is 8.84. The molecule has 2 heterocycles. The van der Waals surface area contributed by atoms with Crippen molar-refractivity contribution in [2.45, 2.75) is 51.0 Å². The number of nitrogens with one attached hydrogen (secondary N) is 1. The lowest BCUT2D eigenvalue weighted by molar-refractivity contribution is -0.126. The largest absolute Gasteiger partial charge is 0.438 e. The zero-order valence-electron chi connectivity index (χ0n) is 21.3. The molecule has 0 aliphatic heterocycles. The number of carbonyl (C=O) groups excluding carboxylic acids is 2. The first-order valence-electron chi connectivity index (χ1n) is 12.2. The Kier molecular flexibility index (Phi) is 10.6. The fourth-order valence-electron chi connectivity index (χ4n) is 3.94. The summed E-state index contributed by atoms with van der Waals surface area (Å²) in [6, 6.07) is 13.7. The zero-order chi connectivity index (χ0) is 26.8. The molecule has 0 saturated heterocycles. The van der Waals surface area contributed by atoms with Crippen LogP contribution in [0.4, 0.5) is 4.39 Å². The van der Waals surface area contributed by atoms with Gasteiger partial charge in [-0.05, 0) is 68.9 Å². The van der Waals surface area contributed by atoms with Crippen LogP contribution >= 0.6 is 0 Å². The highest BCUT2D eigenvalue weighted by atomic mass is 32.2. The molecule has 37 heavy (non-hydrogen) atoms. The molecular weight excluding hydrogens is 493 g/mol. The van der Waals surface area contributed by atoms with Gasteiger partial charge in [0.05, 0.1) is 24.0 Å². The molecule has 1 aliphatic rings. The Morgan fingerprint density at radius 3 is 2.51 bits per heavy atom. The van der Waals surface area contributed by atoms with Crippen molar-refractivity contribution in [3.8, 4) is 11.6 Å². The number of halogens is 1. The van der Waals surface area contributed by atoms with Crippen molar-refractivity contribution in [2.24, 2.45) is 11.8 Å². The van der Waals surface area contributed by atoms with Crippen LogP contribution in [0.15, 0.2) is 65.8 Å². The number of hydrogen-bond donors (Lipinski definition) is 2. The Bertz CT molecular complexity index is 1190. The first-order valence-corrected chi connectivity index (χ1v) is 13.8. The van der Waals surface area contributed by atoms with Crippen LogP contribution in [-0.2, 0) is 22.5 Å². The SMILES string of the molecule is CC(=O)c1cc(F)cnc1Oc1cccc([S+](C)O)c1.CC1CCC(C(=O)NCc2ccccn2)CC1. The van der Waals surface area contributed by atoms with Crippen LogP contribution in [0.5, 0.6) is 11.6 Å². The van der Waals surface area contributed by atoms with E-state index in [4.69, 9.17) is 4.74 Å². The minimum absolute atomic E-state index is 0.0463. The molecule has 196 valence electrons. The van der Waals surface area contributed by atoms with Crippen LogP contribution in [-0.4, -0.2) is 32.5 Å². The van der Waals surface area contributed by atoms with Crippen molar-refractivity contribution in [1.29, 1.82) is 0 Å². The van der Waals surface area contributed by atoms with Gasteiger partial charge < -0.3 is 10.1 Å². The standard InChI is InChI=1S/C14H13FNO3S.C14H20N2O/c1-9(17)13-6-10(15)8-16-14(13)19-11-4-3-5-12(7-11)20(2)18;1-11-5-7-12(8-6-11)14(17)16-10-13-4-2-3-9-15-13/h3-8,18H,1-2H3;2-4,9,11-12H,5-8,10H2,1H3,(H,16,17)/q+1;. The molecule has 1 unspecified atom stereocenters. The van der Waals surface area contributed by atoms with Crippen LogP contribution in [0.25, 0.3) is 0 Å². The minimum Gasteiger partial charge on any atom is -0.438 e. The van der Waals surface area contributed by atoms with Crippen molar-refractivity contribution >= 4 is 22.9 Å². The third kappa shape index (κ3) is 8.94. The number of nitrogens with zero attached hydrogens (tertiary/aromatic N) is 2. The summed E-state index contributed by atoms with van der Waals surface area (Å²) in [4.78, 5) is 32.1. The van der Waals surface area contributed by atoms with E-state index in [9.17, 15) is 18.5 Å². The van der Waals surface area contributed by atoms with Crippen LogP contribution in [0.2, 0.25) is 0 Å². The summed E-state index contributed by atoms with van der Waals surface area (Å²) in [5.74, 6) is 0.747. The average molecular weight is 527 g/mol. The number of ketones is 1. The van der Waals surface area contributed by atoms with Gasteiger partial charge >= 0.3 is 0 Å². The smallest absolute Gasteiger partial charge is 0.230 e. The number of carbonyl (C=O) groups is 2. The second kappa shape index (κ2) is 13.9. The van der Waals surface area contributed by atoms with Crippen LogP contribution in [0.3, 0.4) is 0 Å². The highest BCUT2D eigenvalue weighted by Crippen LogP contribution is 2.28. The number of ether oxygens (including phenoxy) is 1. The van der Waals surface area contributed by atoms with Gasteiger partial charge in [-0.3, -0.25) is 14.6 Å². The summed E-state index contributed by atoms with van der Waals surface area (Å²) in [6.45, 7) is 4.13. The van der Waals surface area contributed by atoms with Crippen LogP contribution in [0.1, 0.15) is 55.6 Å². The lowest BCUT2D eigenvalue weighted by Gasteiger charge is -2.25. The van der Waals surface area contributed by atoms with E-state index in [1.165, 1.54) is 19.8 Å². The summed E-state index contributed by atoms with van der Waals surface area (Å²) < 4.78 is 28.2. The summed E-state index contributed by atoms with van der Waals surface area (Å²) in [5.41, 5.74) is 1.000.